The van der Waals surface area contributed by atoms with Crippen LogP contribution in [-0.4, -0.2) is 33.8 Å². The number of rotatable bonds is 5. The number of aromatic nitrogens is 3. The molecule has 0 saturated carbocycles. The number of amides is 1. The Labute approximate surface area is 150 Å². The van der Waals surface area contributed by atoms with Crippen molar-refractivity contribution in [3.63, 3.8) is 0 Å². The van der Waals surface area contributed by atoms with Crippen molar-refractivity contribution in [2.24, 2.45) is 0 Å². The molecular formula is C19H20N4O3. The molecule has 1 amide bonds. The van der Waals surface area contributed by atoms with Crippen LogP contribution in [0.2, 0.25) is 0 Å². The summed E-state index contributed by atoms with van der Waals surface area (Å²) in [6, 6.07) is 15.2. The third-order valence-electron chi connectivity index (χ3n) is 4.39. The van der Waals surface area contributed by atoms with E-state index in [1.54, 1.807) is 12.1 Å². The maximum Gasteiger partial charge on any atom is 0.274 e. The Morgan fingerprint density at radius 3 is 2.85 bits per heavy atom. The lowest BCUT2D eigenvalue weighted by molar-refractivity contribution is -0.186. The van der Waals surface area contributed by atoms with Crippen molar-refractivity contribution in [2.45, 2.75) is 32.1 Å². The van der Waals surface area contributed by atoms with Gasteiger partial charge < -0.3 is 4.74 Å². The molecule has 0 radical (unpaired) electrons. The van der Waals surface area contributed by atoms with E-state index in [2.05, 4.69) is 15.8 Å². The van der Waals surface area contributed by atoms with Crippen molar-refractivity contribution < 1.29 is 14.4 Å². The average Bonchev–Trinajstić information content (AvgIpc) is 3.10. The first-order valence-corrected chi connectivity index (χ1v) is 8.74. The van der Waals surface area contributed by atoms with E-state index in [1.807, 2.05) is 41.1 Å². The highest BCUT2D eigenvalue weighted by Crippen LogP contribution is 2.14. The molecule has 2 heterocycles. The van der Waals surface area contributed by atoms with Crippen molar-refractivity contribution >= 4 is 16.9 Å². The number of fused-ring (bicyclic) bond motifs is 1. The van der Waals surface area contributed by atoms with Gasteiger partial charge in [0.25, 0.3) is 5.91 Å². The van der Waals surface area contributed by atoms with Gasteiger partial charge in [0.2, 0.25) is 0 Å². The van der Waals surface area contributed by atoms with Gasteiger partial charge in [0, 0.05) is 18.6 Å². The van der Waals surface area contributed by atoms with E-state index in [0.29, 0.717) is 18.7 Å². The van der Waals surface area contributed by atoms with Gasteiger partial charge in [0.05, 0.1) is 12.1 Å². The zero-order valence-electron chi connectivity index (χ0n) is 14.3. The van der Waals surface area contributed by atoms with Crippen LogP contribution in [0.25, 0.3) is 11.0 Å². The van der Waals surface area contributed by atoms with Gasteiger partial charge in [0.15, 0.2) is 6.29 Å². The number of nitrogens with zero attached hydrogens (tertiary/aromatic N) is 3. The zero-order chi connectivity index (χ0) is 17.8. The molecule has 0 spiro atoms. The Bertz CT molecular complexity index is 885. The van der Waals surface area contributed by atoms with E-state index in [0.717, 1.165) is 35.9 Å². The summed E-state index contributed by atoms with van der Waals surface area (Å²) < 4.78 is 7.27. The van der Waals surface area contributed by atoms with Crippen LogP contribution in [-0.2, 0) is 16.1 Å². The summed E-state index contributed by atoms with van der Waals surface area (Å²) in [7, 11) is 0. The van der Waals surface area contributed by atoms with E-state index in [9.17, 15) is 4.79 Å². The molecule has 2 aromatic carbocycles. The van der Waals surface area contributed by atoms with Gasteiger partial charge in [0.1, 0.15) is 5.52 Å². The maximum atomic E-state index is 12.2. The van der Waals surface area contributed by atoms with Crippen LogP contribution in [0.15, 0.2) is 48.5 Å². The Kier molecular flexibility index (Phi) is 4.90. The molecule has 26 heavy (non-hydrogen) atoms. The Balaban J connectivity index is 1.37. The number of carbonyl (C=O) groups excluding carboxylic acids is 1. The lowest BCUT2D eigenvalue weighted by Crippen LogP contribution is -2.33. The second-order valence-corrected chi connectivity index (χ2v) is 6.28. The van der Waals surface area contributed by atoms with Crippen molar-refractivity contribution in [2.75, 3.05) is 6.61 Å². The molecule has 1 N–H and O–H groups in total. The Morgan fingerprint density at radius 2 is 2.04 bits per heavy atom. The maximum absolute atomic E-state index is 12.2. The van der Waals surface area contributed by atoms with E-state index < -0.39 is 0 Å². The molecule has 0 bridgehead atoms. The van der Waals surface area contributed by atoms with Crippen LogP contribution in [0.1, 0.15) is 35.2 Å². The smallest absolute Gasteiger partial charge is 0.274 e. The van der Waals surface area contributed by atoms with Crippen molar-refractivity contribution in [3.05, 3.63) is 59.7 Å². The number of carbonyl (C=O) groups is 1. The predicted octanol–water partition coefficient (Wildman–Crippen LogP) is 2.67. The summed E-state index contributed by atoms with van der Waals surface area (Å²) in [6.45, 7) is 1.26. The third-order valence-corrected chi connectivity index (χ3v) is 4.39. The number of benzene rings is 2. The van der Waals surface area contributed by atoms with E-state index >= 15 is 0 Å². The van der Waals surface area contributed by atoms with Gasteiger partial charge in [-0.1, -0.05) is 29.5 Å². The molecule has 1 atom stereocenters. The standard InChI is InChI=1S/C19H20N4O3/c24-19(21-26-18-7-3-4-12-25-18)15-10-8-14(9-11-15)13-23-17-6-2-1-5-16(17)20-22-23/h1-2,5-6,8-11,18H,3-4,7,12-13H2,(H,21,24)/t18-/m0/s1. The largest absolute Gasteiger partial charge is 0.350 e. The minimum absolute atomic E-state index is 0.281. The van der Waals surface area contributed by atoms with Crippen LogP contribution >= 0.6 is 0 Å². The van der Waals surface area contributed by atoms with Gasteiger partial charge in [-0.15, -0.1) is 5.10 Å². The Hall–Kier alpha value is -2.77. The summed E-state index contributed by atoms with van der Waals surface area (Å²) in [6.07, 6.45) is 2.53. The summed E-state index contributed by atoms with van der Waals surface area (Å²) >= 11 is 0. The highest BCUT2D eigenvalue weighted by Gasteiger charge is 2.16. The number of para-hydroxylation sites is 1. The van der Waals surface area contributed by atoms with Gasteiger partial charge in [-0.3, -0.25) is 4.79 Å². The molecule has 1 aliphatic rings. The number of ether oxygens (including phenoxy) is 1. The first-order chi connectivity index (χ1) is 12.8. The van der Waals surface area contributed by atoms with Gasteiger partial charge in [-0.2, -0.15) is 0 Å². The molecule has 4 rings (SSSR count). The molecule has 7 heteroatoms. The highest BCUT2D eigenvalue weighted by molar-refractivity contribution is 5.93. The molecule has 0 aliphatic carbocycles. The van der Waals surface area contributed by atoms with Gasteiger partial charge in [-0.25, -0.2) is 15.0 Å². The number of hydrogen-bond acceptors (Lipinski definition) is 5. The van der Waals surface area contributed by atoms with Crippen LogP contribution in [0, 0.1) is 0 Å². The molecule has 7 nitrogen and oxygen atoms in total. The van der Waals surface area contributed by atoms with Crippen molar-refractivity contribution in [3.8, 4) is 0 Å². The summed E-state index contributed by atoms with van der Waals surface area (Å²) in [4.78, 5) is 17.5. The van der Waals surface area contributed by atoms with Gasteiger partial charge >= 0.3 is 0 Å². The van der Waals surface area contributed by atoms with E-state index in [4.69, 9.17) is 9.57 Å². The number of nitrogens with one attached hydrogen (secondary N) is 1. The first kappa shape index (κ1) is 16.7. The zero-order valence-corrected chi connectivity index (χ0v) is 14.3. The van der Waals surface area contributed by atoms with Crippen LogP contribution in [0.5, 0.6) is 0 Å². The molecule has 3 aromatic rings. The first-order valence-electron chi connectivity index (χ1n) is 8.74. The third kappa shape index (κ3) is 3.74. The second-order valence-electron chi connectivity index (χ2n) is 6.28. The monoisotopic (exact) mass is 352 g/mol. The molecule has 1 aromatic heterocycles. The Morgan fingerprint density at radius 1 is 1.19 bits per heavy atom. The number of hydroxylamine groups is 1. The van der Waals surface area contributed by atoms with Gasteiger partial charge in [-0.05, 0) is 42.7 Å². The molecule has 1 fully saturated rings. The predicted molar refractivity (Wildman–Crippen MR) is 95.2 cm³/mol. The number of hydrogen-bond donors (Lipinski definition) is 1. The molecule has 134 valence electrons. The van der Waals surface area contributed by atoms with Crippen LogP contribution in [0.3, 0.4) is 0 Å². The quantitative estimate of drug-likeness (QED) is 0.714. The van der Waals surface area contributed by atoms with Crippen LogP contribution < -0.4 is 5.48 Å². The van der Waals surface area contributed by atoms with E-state index in [1.165, 1.54) is 0 Å². The summed E-state index contributed by atoms with van der Waals surface area (Å²) in [5.74, 6) is -0.281. The van der Waals surface area contributed by atoms with Crippen LogP contribution in [0.4, 0.5) is 0 Å². The molecule has 1 saturated heterocycles. The highest BCUT2D eigenvalue weighted by atomic mass is 16.8. The molecule has 1 aliphatic heterocycles. The topological polar surface area (TPSA) is 78.3 Å². The average molecular weight is 352 g/mol. The minimum Gasteiger partial charge on any atom is -0.350 e. The normalized spacial score (nSPS) is 17.3. The molecular weight excluding hydrogens is 332 g/mol. The fourth-order valence-electron chi connectivity index (χ4n) is 2.95. The fraction of sp³-hybridized carbons (Fsp3) is 0.316. The summed E-state index contributed by atoms with van der Waals surface area (Å²) in [5, 5.41) is 8.33. The SMILES string of the molecule is O=C(NO[C@H]1CCCCO1)c1ccc(Cn2nnc3ccccc32)cc1. The summed E-state index contributed by atoms with van der Waals surface area (Å²) in [5.41, 5.74) is 5.89. The fourth-order valence-corrected chi connectivity index (χ4v) is 2.95. The molecule has 0 unspecified atom stereocenters. The lowest BCUT2D eigenvalue weighted by Gasteiger charge is -2.22. The lowest BCUT2D eigenvalue weighted by atomic mass is 10.1. The van der Waals surface area contributed by atoms with Crippen molar-refractivity contribution in [1.29, 1.82) is 0 Å². The minimum atomic E-state index is -0.354. The van der Waals surface area contributed by atoms with E-state index in [-0.39, 0.29) is 12.2 Å². The second kappa shape index (κ2) is 7.63. The van der Waals surface area contributed by atoms with Crippen molar-refractivity contribution in [1.82, 2.24) is 20.5 Å².